The molecule has 4 rings (SSSR count). The predicted octanol–water partition coefficient (Wildman–Crippen LogP) is 4.48. The summed E-state index contributed by atoms with van der Waals surface area (Å²) in [4.78, 5) is 33.0. The zero-order valence-electron chi connectivity index (χ0n) is 17.0. The third kappa shape index (κ3) is 4.44. The minimum atomic E-state index is -0.463. The fraction of sp³-hybridized carbons (Fsp3) is 0.130. The first-order chi connectivity index (χ1) is 14.9. The molecule has 0 fully saturated rings. The van der Waals surface area contributed by atoms with Gasteiger partial charge in [-0.15, -0.1) is 0 Å². The van der Waals surface area contributed by atoms with E-state index >= 15 is 0 Å². The van der Waals surface area contributed by atoms with E-state index in [-0.39, 0.29) is 5.91 Å². The predicted molar refractivity (Wildman–Crippen MR) is 120 cm³/mol. The van der Waals surface area contributed by atoms with Crippen molar-refractivity contribution in [1.29, 1.82) is 0 Å². The molecule has 7 nitrogen and oxygen atoms in total. The highest BCUT2D eigenvalue weighted by atomic mass is 32.2. The fourth-order valence-electron chi connectivity index (χ4n) is 3.07. The second-order valence-corrected chi connectivity index (χ2v) is 7.93. The van der Waals surface area contributed by atoms with Crippen LogP contribution < -0.4 is 11.1 Å². The largest absolute Gasteiger partial charge is 0.443 e. The molecule has 0 aliphatic carbocycles. The summed E-state index contributed by atoms with van der Waals surface area (Å²) in [6.45, 7) is 3.77. The molecule has 3 N–H and O–H groups in total. The highest BCUT2D eigenvalue weighted by Crippen LogP contribution is 2.32. The molecule has 0 unspecified atom stereocenters. The summed E-state index contributed by atoms with van der Waals surface area (Å²) in [6.07, 6.45) is 0. The Morgan fingerprint density at radius 3 is 2.39 bits per heavy atom. The molecule has 0 aliphatic heterocycles. The van der Waals surface area contributed by atoms with E-state index in [0.717, 1.165) is 16.9 Å². The molecule has 2 aromatic heterocycles. The molecule has 4 aromatic rings. The first-order valence-electron chi connectivity index (χ1n) is 9.58. The Morgan fingerprint density at radius 2 is 1.71 bits per heavy atom. The summed E-state index contributed by atoms with van der Waals surface area (Å²) in [6, 6.07) is 16.0. The van der Waals surface area contributed by atoms with Crippen molar-refractivity contribution < 1.29 is 14.0 Å². The number of nitrogens with two attached hydrogens (primary N) is 1. The number of benzene rings is 2. The van der Waals surface area contributed by atoms with E-state index in [1.807, 2.05) is 44.2 Å². The first-order valence-corrected chi connectivity index (χ1v) is 10.6. The van der Waals surface area contributed by atoms with E-state index in [0.29, 0.717) is 39.0 Å². The molecule has 0 bridgehead atoms. The minimum Gasteiger partial charge on any atom is -0.443 e. The zero-order chi connectivity index (χ0) is 22.0. The van der Waals surface area contributed by atoms with Crippen LogP contribution in [0.5, 0.6) is 0 Å². The van der Waals surface area contributed by atoms with Gasteiger partial charge in [0.05, 0.1) is 5.39 Å². The molecule has 0 saturated carbocycles. The Hall–Kier alpha value is -3.65. The average molecular weight is 433 g/mol. The maximum Gasteiger partial charge on any atom is 0.256 e. The van der Waals surface area contributed by atoms with Gasteiger partial charge in [-0.2, -0.15) is 4.98 Å². The summed E-state index contributed by atoms with van der Waals surface area (Å²) in [5.41, 5.74) is 8.58. The Morgan fingerprint density at radius 1 is 1.00 bits per heavy atom. The standard InChI is InChI=1S/C23H20N4O3S/c1-13-14(2)30-22-18(13)20(25-21(29)17-6-4-3-5-7-17)26-23(27-22)31-12-15-8-10-16(11-9-15)19(24)28/h3-11H,12H2,1-2H3,(H2,24,28)(H,25,26,27,29). The van der Waals surface area contributed by atoms with Crippen molar-refractivity contribution in [1.82, 2.24) is 9.97 Å². The maximum atomic E-state index is 12.7. The summed E-state index contributed by atoms with van der Waals surface area (Å²) in [5, 5.41) is 4.07. The number of nitrogens with one attached hydrogen (secondary N) is 1. The van der Waals surface area contributed by atoms with Crippen LogP contribution in [0.2, 0.25) is 0 Å². The molecular weight excluding hydrogens is 412 g/mol. The van der Waals surface area contributed by atoms with Gasteiger partial charge in [0.1, 0.15) is 11.6 Å². The number of fused-ring (bicyclic) bond motifs is 1. The van der Waals surface area contributed by atoms with Crippen LogP contribution in [0.25, 0.3) is 11.1 Å². The molecule has 2 heterocycles. The average Bonchev–Trinajstić information content (AvgIpc) is 3.06. The molecule has 2 amide bonds. The maximum absolute atomic E-state index is 12.7. The number of aromatic nitrogens is 2. The van der Waals surface area contributed by atoms with Crippen LogP contribution in [0.1, 0.15) is 37.6 Å². The van der Waals surface area contributed by atoms with Crippen molar-refractivity contribution in [2.24, 2.45) is 5.73 Å². The molecule has 0 spiro atoms. The Labute approximate surface area is 183 Å². The lowest BCUT2D eigenvalue weighted by atomic mass is 10.1. The van der Waals surface area contributed by atoms with Gasteiger partial charge in [0.25, 0.3) is 5.91 Å². The van der Waals surface area contributed by atoms with Crippen molar-refractivity contribution in [3.05, 3.63) is 82.6 Å². The fourth-order valence-corrected chi connectivity index (χ4v) is 3.86. The smallest absolute Gasteiger partial charge is 0.256 e. The van der Waals surface area contributed by atoms with Crippen LogP contribution >= 0.6 is 11.8 Å². The van der Waals surface area contributed by atoms with Gasteiger partial charge in [-0.25, -0.2) is 4.98 Å². The van der Waals surface area contributed by atoms with E-state index in [4.69, 9.17) is 10.2 Å². The topological polar surface area (TPSA) is 111 Å². The number of carbonyl (C=O) groups excluding carboxylic acids is 2. The Kier molecular flexibility index (Phi) is 5.73. The Bertz CT molecular complexity index is 1270. The molecule has 0 saturated heterocycles. The van der Waals surface area contributed by atoms with Crippen LogP contribution in [0, 0.1) is 13.8 Å². The van der Waals surface area contributed by atoms with Gasteiger partial charge < -0.3 is 15.5 Å². The van der Waals surface area contributed by atoms with Crippen molar-refractivity contribution in [3.8, 4) is 0 Å². The zero-order valence-corrected chi connectivity index (χ0v) is 17.8. The third-order valence-electron chi connectivity index (χ3n) is 4.88. The second-order valence-electron chi connectivity index (χ2n) is 6.99. The SMILES string of the molecule is Cc1oc2nc(SCc3ccc(C(N)=O)cc3)nc(NC(=O)c3ccccc3)c2c1C. The Balaban J connectivity index is 1.62. The van der Waals surface area contributed by atoms with Crippen LogP contribution in [0.4, 0.5) is 5.82 Å². The molecule has 8 heteroatoms. The van der Waals surface area contributed by atoms with E-state index in [1.54, 1.807) is 24.3 Å². The molecule has 0 aliphatic rings. The lowest BCUT2D eigenvalue weighted by Crippen LogP contribution is -2.13. The van der Waals surface area contributed by atoms with Crippen molar-refractivity contribution in [2.75, 3.05) is 5.32 Å². The number of hydrogen-bond acceptors (Lipinski definition) is 6. The van der Waals surface area contributed by atoms with Gasteiger partial charge in [0, 0.05) is 22.4 Å². The number of primary amides is 1. The van der Waals surface area contributed by atoms with Crippen LogP contribution in [0.3, 0.4) is 0 Å². The number of aryl methyl sites for hydroxylation is 2. The summed E-state index contributed by atoms with van der Waals surface area (Å²) in [7, 11) is 0. The summed E-state index contributed by atoms with van der Waals surface area (Å²) in [5.74, 6) is 1.01. The number of nitrogens with zero attached hydrogens (tertiary/aromatic N) is 2. The molecule has 0 atom stereocenters. The van der Waals surface area contributed by atoms with Crippen LogP contribution in [0.15, 0.2) is 64.2 Å². The number of hydrogen-bond donors (Lipinski definition) is 2. The quantitative estimate of drug-likeness (QED) is 0.343. The van der Waals surface area contributed by atoms with Crippen LogP contribution in [-0.4, -0.2) is 21.8 Å². The lowest BCUT2D eigenvalue weighted by Gasteiger charge is -2.08. The summed E-state index contributed by atoms with van der Waals surface area (Å²) >= 11 is 1.41. The first kappa shape index (κ1) is 20.6. The highest BCUT2D eigenvalue weighted by Gasteiger charge is 2.19. The number of anilines is 1. The number of thioether (sulfide) groups is 1. The third-order valence-corrected chi connectivity index (χ3v) is 5.80. The van der Waals surface area contributed by atoms with Crippen molar-refractivity contribution in [3.63, 3.8) is 0 Å². The van der Waals surface area contributed by atoms with Crippen LogP contribution in [-0.2, 0) is 5.75 Å². The van der Waals surface area contributed by atoms with Gasteiger partial charge in [0.2, 0.25) is 11.6 Å². The van der Waals surface area contributed by atoms with Gasteiger partial charge >= 0.3 is 0 Å². The van der Waals surface area contributed by atoms with E-state index in [1.165, 1.54) is 11.8 Å². The van der Waals surface area contributed by atoms with Gasteiger partial charge in [0.15, 0.2) is 5.16 Å². The normalized spacial score (nSPS) is 10.9. The minimum absolute atomic E-state index is 0.253. The lowest BCUT2D eigenvalue weighted by molar-refractivity contribution is 0.0997. The summed E-state index contributed by atoms with van der Waals surface area (Å²) < 4.78 is 5.79. The number of carbonyl (C=O) groups is 2. The van der Waals surface area contributed by atoms with Gasteiger partial charge in [-0.3, -0.25) is 9.59 Å². The van der Waals surface area contributed by atoms with Gasteiger partial charge in [-0.05, 0) is 43.7 Å². The molecular formula is C23H20N4O3S. The van der Waals surface area contributed by atoms with E-state index < -0.39 is 5.91 Å². The van der Waals surface area contributed by atoms with Crippen molar-refractivity contribution in [2.45, 2.75) is 24.8 Å². The molecule has 31 heavy (non-hydrogen) atoms. The molecule has 156 valence electrons. The second kappa shape index (κ2) is 8.61. The molecule has 2 aromatic carbocycles. The number of furan rings is 1. The number of rotatable bonds is 6. The van der Waals surface area contributed by atoms with Crippen molar-refractivity contribution >= 4 is 40.5 Å². The van der Waals surface area contributed by atoms with E-state index in [2.05, 4.69) is 15.3 Å². The highest BCUT2D eigenvalue weighted by molar-refractivity contribution is 7.98. The monoisotopic (exact) mass is 432 g/mol. The number of amides is 2. The van der Waals surface area contributed by atoms with Gasteiger partial charge in [-0.1, -0.05) is 42.1 Å². The molecule has 0 radical (unpaired) electrons. The van der Waals surface area contributed by atoms with E-state index in [9.17, 15) is 9.59 Å².